The van der Waals surface area contributed by atoms with Crippen molar-refractivity contribution in [1.82, 2.24) is 19.3 Å². The summed E-state index contributed by atoms with van der Waals surface area (Å²) in [4.78, 5) is 4.50. The van der Waals surface area contributed by atoms with Gasteiger partial charge in [0.25, 0.3) is 0 Å². The van der Waals surface area contributed by atoms with Crippen LogP contribution in [0, 0.1) is 0 Å². The summed E-state index contributed by atoms with van der Waals surface area (Å²) in [6, 6.07) is 8.00. The molecule has 0 aliphatic carbocycles. The van der Waals surface area contributed by atoms with E-state index in [0.29, 0.717) is 5.95 Å². The molecule has 1 aromatic carbocycles. The molecule has 5 nitrogen and oxygen atoms in total. The number of nitrogens with zero attached hydrogens (tertiary/aromatic N) is 4. The number of fused-ring (bicyclic) bond motifs is 1. The van der Waals surface area contributed by atoms with Crippen molar-refractivity contribution in [3.05, 3.63) is 34.4 Å². The molecule has 0 saturated heterocycles. The lowest BCUT2D eigenvalue weighted by Crippen LogP contribution is -2.04. The van der Waals surface area contributed by atoms with Crippen molar-refractivity contribution in [3.8, 4) is 5.69 Å². The van der Waals surface area contributed by atoms with Gasteiger partial charge < -0.3 is 5.73 Å². The Morgan fingerprint density at radius 2 is 1.95 bits per heavy atom. The maximum absolute atomic E-state index is 6.10. The maximum atomic E-state index is 6.10. The third-order valence-corrected chi connectivity index (χ3v) is 3.83. The molecule has 2 N–H and O–H groups in total. The third-order valence-electron chi connectivity index (χ3n) is 3.30. The minimum absolute atomic E-state index is 0.493. The van der Waals surface area contributed by atoms with Crippen LogP contribution in [0.15, 0.2) is 28.7 Å². The number of benzene rings is 1. The van der Waals surface area contributed by atoms with Crippen LogP contribution in [0.4, 0.5) is 5.95 Å². The van der Waals surface area contributed by atoms with E-state index in [0.717, 1.165) is 39.9 Å². The standard InChI is InChI=1S/C14H16BrN5/c1-3-4-11-12-13(19(2)18-11)20(14(16)17-12)10-7-5-9(15)6-8-10/h5-8H,3-4H2,1-2H3,(H2,16,17). The van der Waals surface area contributed by atoms with Crippen LogP contribution in [0.25, 0.3) is 16.9 Å². The monoisotopic (exact) mass is 333 g/mol. The first kappa shape index (κ1) is 13.2. The molecule has 20 heavy (non-hydrogen) atoms. The molecule has 0 atom stereocenters. The fraction of sp³-hybridized carbons (Fsp3) is 0.286. The molecule has 2 heterocycles. The average molecular weight is 334 g/mol. The highest BCUT2D eigenvalue weighted by molar-refractivity contribution is 9.10. The number of nitrogen functional groups attached to an aromatic ring is 1. The predicted molar refractivity (Wildman–Crippen MR) is 83.9 cm³/mol. The summed E-state index contributed by atoms with van der Waals surface area (Å²) in [6.07, 6.45) is 1.95. The molecular formula is C14H16BrN5. The van der Waals surface area contributed by atoms with Crippen LogP contribution in [-0.2, 0) is 13.5 Å². The molecule has 0 radical (unpaired) electrons. The van der Waals surface area contributed by atoms with Gasteiger partial charge in [-0.05, 0) is 30.7 Å². The van der Waals surface area contributed by atoms with Crippen LogP contribution < -0.4 is 5.73 Å². The second-order valence-electron chi connectivity index (χ2n) is 4.77. The Bertz CT molecular complexity index is 754. The van der Waals surface area contributed by atoms with Gasteiger partial charge in [-0.25, -0.2) is 9.67 Å². The van der Waals surface area contributed by atoms with Gasteiger partial charge in [0.15, 0.2) is 5.65 Å². The van der Waals surface area contributed by atoms with Crippen molar-refractivity contribution < 1.29 is 0 Å². The van der Waals surface area contributed by atoms with E-state index in [1.165, 1.54) is 0 Å². The van der Waals surface area contributed by atoms with Crippen molar-refractivity contribution in [2.75, 3.05) is 5.73 Å². The number of halogens is 1. The van der Waals surface area contributed by atoms with Crippen LogP contribution in [0.5, 0.6) is 0 Å². The number of anilines is 1. The highest BCUT2D eigenvalue weighted by Crippen LogP contribution is 2.26. The van der Waals surface area contributed by atoms with E-state index in [-0.39, 0.29) is 0 Å². The van der Waals surface area contributed by atoms with E-state index in [1.54, 1.807) is 0 Å². The molecule has 0 unspecified atom stereocenters. The smallest absolute Gasteiger partial charge is 0.207 e. The van der Waals surface area contributed by atoms with Gasteiger partial charge >= 0.3 is 0 Å². The van der Waals surface area contributed by atoms with Gasteiger partial charge in [0.1, 0.15) is 5.52 Å². The first-order chi connectivity index (χ1) is 9.61. The van der Waals surface area contributed by atoms with Gasteiger partial charge in [-0.3, -0.25) is 4.57 Å². The topological polar surface area (TPSA) is 61.7 Å². The number of aromatic nitrogens is 4. The summed E-state index contributed by atoms with van der Waals surface area (Å²) in [5.74, 6) is 0.493. The molecule has 0 amide bonds. The lowest BCUT2D eigenvalue weighted by Gasteiger charge is -2.06. The van der Waals surface area contributed by atoms with Crippen LogP contribution >= 0.6 is 15.9 Å². The number of hydrogen-bond donors (Lipinski definition) is 1. The molecule has 0 spiro atoms. The van der Waals surface area contributed by atoms with Crippen molar-refractivity contribution in [2.45, 2.75) is 19.8 Å². The molecule has 0 bridgehead atoms. The lowest BCUT2D eigenvalue weighted by atomic mass is 10.2. The average Bonchev–Trinajstić information content (AvgIpc) is 2.90. The van der Waals surface area contributed by atoms with Crippen molar-refractivity contribution >= 4 is 33.0 Å². The van der Waals surface area contributed by atoms with Crippen LogP contribution in [0.3, 0.4) is 0 Å². The van der Waals surface area contributed by atoms with Gasteiger partial charge in [-0.15, -0.1) is 0 Å². The summed E-state index contributed by atoms with van der Waals surface area (Å²) in [5.41, 5.74) is 9.93. The first-order valence-electron chi connectivity index (χ1n) is 6.57. The quantitative estimate of drug-likeness (QED) is 0.801. The second kappa shape index (κ2) is 4.94. The molecule has 3 rings (SSSR count). The highest BCUT2D eigenvalue weighted by atomic mass is 79.9. The number of rotatable bonds is 3. The number of nitrogens with two attached hydrogens (primary N) is 1. The Labute approximate surface area is 125 Å². The molecular weight excluding hydrogens is 318 g/mol. The van der Waals surface area contributed by atoms with Gasteiger partial charge in [0, 0.05) is 11.5 Å². The Hall–Kier alpha value is -1.82. The largest absolute Gasteiger partial charge is 0.369 e. The summed E-state index contributed by atoms with van der Waals surface area (Å²) in [7, 11) is 1.93. The Kier molecular flexibility index (Phi) is 3.25. The van der Waals surface area contributed by atoms with Crippen LogP contribution in [-0.4, -0.2) is 19.3 Å². The van der Waals surface area contributed by atoms with Crippen molar-refractivity contribution in [2.24, 2.45) is 7.05 Å². The molecule has 0 saturated carbocycles. The van der Waals surface area contributed by atoms with Crippen LogP contribution in [0.2, 0.25) is 0 Å². The predicted octanol–water partition coefficient (Wildman–Crippen LogP) is 3.06. The zero-order valence-corrected chi connectivity index (χ0v) is 13.1. The van der Waals surface area contributed by atoms with Crippen molar-refractivity contribution in [1.29, 1.82) is 0 Å². The van der Waals surface area contributed by atoms with Gasteiger partial charge in [-0.2, -0.15) is 5.10 Å². The summed E-state index contributed by atoms with van der Waals surface area (Å²) in [6.45, 7) is 2.13. The summed E-state index contributed by atoms with van der Waals surface area (Å²) >= 11 is 3.44. The Balaban J connectivity index is 2.25. The second-order valence-corrected chi connectivity index (χ2v) is 5.69. The number of hydrogen-bond acceptors (Lipinski definition) is 3. The zero-order valence-electron chi connectivity index (χ0n) is 11.5. The van der Waals surface area contributed by atoms with E-state index in [2.05, 4.69) is 32.9 Å². The zero-order chi connectivity index (χ0) is 14.3. The molecule has 6 heteroatoms. The Morgan fingerprint density at radius 3 is 2.60 bits per heavy atom. The minimum atomic E-state index is 0.493. The Morgan fingerprint density at radius 1 is 1.25 bits per heavy atom. The number of imidazole rings is 1. The van der Waals surface area contributed by atoms with E-state index >= 15 is 0 Å². The number of aryl methyl sites for hydroxylation is 2. The van der Waals surface area contributed by atoms with E-state index < -0.39 is 0 Å². The lowest BCUT2D eigenvalue weighted by molar-refractivity contribution is 0.738. The van der Waals surface area contributed by atoms with Crippen molar-refractivity contribution in [3.63, 3.8) is 0 Å². The van der Waals surface area contributed by atoms with E-state index in [4.69, 9.17) is 5.73 Å². The molecule has 0 fully saturated rings. The molecule has 0 aliphatic heterocycles. The first-order valence-corrected chi connectivity index (χ1v) is 7.37. The fourth-order valence-corrected chi connectivity index (χ4v) is 2.71. The molecule has 104 valence electrons. The molecule has 3 aromatic rings. The van der Waals surface area contributed by atoms with Gasteiger partial charge in [-0.1, -0.05) is 29.3 Å². The fourth-order valence-electron chi connectivity index (χ4n) is 2.45. The third kappa shape index (κ3) is 2.00. The normalized spacial score (nSPS) is 11.3. The SMILES string of the molecule is CCCc1nn(C)c2c1nc(N)n2-c1ccc(Br)cc1. The van der Waals surface area contributed by atoms with Gasteiger partial charge in [0.05, 0.1) is 11.4 Å². The molecule has 0 aliphatic rings. The van der Waals surface area contributed by atoms with Gasteiger partial charge in [0.2, 0.25) is 5.95 Å². The van der Waals surface area contributed by atoms with E-state index in [1.807, 2.05) is 40.6 Å². The highest BCUT2D eigenvalue weighted by Gasteiger charge is 2.18. The molecule has 2 aromatic heterocycles. The maximum Gasteiger partial charge on any atom is 0.207 e. The van der Waals surface area contributed by atoms with E-state index in [9.17, 15) is 0 Å². The summed E-state index contributed by atoms with van der Waals surface area (Å²) < 4.78 is 4.83. The minimum Gasteiger partial charge on any atom is -0.369 e. The van der Waals surface area contributed by atoms with Crippen LogP contribution in [0.1, 0.15) is 19.0 Å². The summed E-state index contributed by atoms with van der Waals surface area (Å²) in [5, 5.41) is 4.55.